The minimum atomic E-state index is -4.82. The SMILES string of the molecule is [2H]c1c([2H])c([2H])c(C([2H])([2H])[C@]([2H])(NC(=O)COc2c(C([2H])([2H])[2H])c([2H])c([2H])c([2H])c2C([2H])([2H])[2H])[C@@H](O)C[C@H](Cc2ccccc2)NC(=O)[C@@]([2H])(N2C(=O)NC([2H])([2H])C([2H])([2H])C2([2H])[2H])C([2H])(C([2H])([2H])[2H])C([2H])([2H])[2H])c([2H])c1[2H]. The van der Waals surface area contributed by atoms with Gasteiger partial charge in [0, 0.05) is 47.8 Å². The fraction of sp³-hybridized carbons (Fsp3) is 0.432. The molecular formula is C37H48N4O5. The van der Waals surface area contributed by atoms with Gasteiger partial charge in [-0.15, -0.1) is 0 Å². The number of hydrogen-bond donors (Lipinski definition) is 4. The standard InChI is InChI=1S/C37H48N4O5/c1-25(2)34(41-20-12-19-38-37(41)45)36(44)39-30(21-28-15-7-5-8-16-28)23-32(42)31(22-29-17-9-6-10-18-29)40-33(43)24-46-35-26(3)13-11-14-27(35)4/h5-11,13-18,25,30-32,34,42H,12,19-24H2,1-4H3,(H,38,45)(H,39,44)(H,40,43)/t30-,31-,32-,34-/m0/s1/i1D3,2D3,3D3,4D3,6D,9D,10D,11D,12D2,13D,14D,17D,18D,19D2,20D2,22D2,25D,31D,34D. The minimum absolute atomic E-state index is 0.0397. The Morgan fingerprint density at radius 3 is 2.52 bits per heavy atom. The van der Waals surface area contributed by atoms with Crippen molar-refractivity contribution in [3.8, 4) is 5.75 Å². The summed E-state index contributed by atoms with van der Waals surface area (Å²) in [4.78, 5) is 41.9. The molecule has 0 saturated carbocycles. The van der Waals surface area contributed by atoms with E-state index in [9.17, 15) is 25.0 Å². The number of aliphatic hydroxyl groups is 1. The zero-order chi connectivity index (χ0) is 60.0. The first-order chi connectivity index (χ1) is 34.4. The average Bonchev–Trinajstić information content (AvgIpc) is 3.25. The third-order valence-electron chi connectivity index (χ3n) is 5.99. The number of nitrogens with one attached hydrogen (secondary N) is 3. The Kier molecular flexibility index (Phi) is 4.39. The van der Waals surface area contributed by atoms with Crippen molar-refractivity contribution in [1.29, 1.82) is 0 Å². The first kappa shape index (κ1) is 12.0. The lowest BCUT2D eigenvalue weighted by Crippen LogP contribution is -2.59. The van der Waals surface area contributed by atoms with Gasteiger partial charge < -0.3 is 30.7 Å². The monoisotopic (exact) mass is 660 g/mol. The van der Waals surface area contributed by atoms with Crippen molar-refractivity contribution < 1.29 is 66.7 Å². The lowest BCUT2D eigenvalue weighted by Gasteiger charge is -2.37. The molecule has 9 nitrogen and oxygen atoms in total. The van der Waals surface area contributed by atoms with E-state index >= 15 is 0 Å². The molecule has 0 spiro atoms. The highest BCUT2D eigenvalue weighted by Crippen LogP contribution is 2.22. The molecule has 1 aliphatic rings. The molecule has 3 aromatic carbocycles. The fourth-order valence-corrected chi connectivity index (χ4v) is 4.00. The van der Waals surface area contributed by atoms with Crippen LogP contribution in [0.3, 0.4) is 0 Å². The van der Waals surface area contributed by atoms with Crippen molar-refractivity contribution in [2.45, 2.75) is 77.2 Å². The lowest BCUT2D eigenvalue weighted by atomic mass is 9.92. The number of benzene rings is 3. The molecule has 46 heavy (non-hydrogen) atoms. The van der Waals surface area contributed by atoms with Gasteiger partial charge in [0.1, 0.15) is 11.8 Å². The zero-order valence-corrected chi connectivity index (χ0v) is 23.7. The van der Waals surface area contributed by atoms with Gasteiger partial charge in [-0.2, -0.15) is 0 Å². The molecular weight excluding hydrogens is 580 g/mol. The Balaban J connectivity index is 2.04. The summed E-state index contributed by atoms with van der Waals surface area (Å²) in [6, 6.07) is -16.8. The summed E-state index contributed by atoms with van der Waals surface area (Å²) in [5.41, 5.74) is -4.05. The summed E-state index contributed by atoms with van der Waals surface area (Å²) >= 11 is 0. The topological polar surface area (TPSA) is 120 Å². The van der Waals surface area contributed by atoms with Gasteiger partial charge >= 0.3 is 6.03 Å². The molecule has 1 fully saturated rings. The predicted octanol–water partition coefficient (Wildman–Crippen LogP) is 4.33. The van der Waals surface area contributed by atoms with Crippen LogP contribution in [0.1, 0.15) is 91.2 Å². The number of rotatable bonds is 15. The number of ether oxygens (including phenoxy) is 1. The molecule has 4 rings (SSSR count). The summed E-state index contributed by atoms with van der Waals surface area (Å²) < 4.78 is 264. The van der Waals surface area contributed by atoms with Gasteiger partial charge in [0.25, 0.3) is 5.91 Å². The zero-order valence-electron chi connectivity index (χ0n) is 54.7. The quantitative estimate of drug-likeness (QED) is 0.194. The molecule has 0 bridgehead atoms. The molecule has 1 saturated heterocycles. The number of para-hydroxylation sites is 1. The Morgan fingerprint density at radius 2 is 1.83 bits per heavy atom. The fourth-order valence-electron chi connectivity index (χ4n) is 4.00. The normalized spacial score (nSPS) is 31.9. The van der Waals surface area contributed by atoms with E-state index in [1.54, 1.807) is 5.32 Å². The van der Waals surface area contributed by atoms with Crippen LogP contribution < -0.4 is 20.7 Å². The van der Waals surface area contributed by atoms with Gasteiger partial charge in [-0.25, -0.2) is 4.79 Å². The highest BCUT2D eigenvalue weighted by Gasteiger charge is 2.35. The Morgan fingerprint density at radius 1 is 1.09 bits per heavy atom. The highest BCUT2D eigenvalue weighted by molar-refractivity contribution is 5.87. The van der Waals surface area contributed by atoms with E-state index in [0.717, 1.165) is 0 Å². The van der Waals surface area contributed by atoms with Crippen LogP contribution in [0.2, 0.25) is 0 Å². The van der Waals surface area contributed by atoms with E-state index < -0.39 is 196 Å². The van der Waals surface area contributed by atoms with E-state index in [4.69, 9.17) is 41.7 Å². The maximum Gasteiger partial charge on any atom is 0.318 e. The summed E-state index contributed by atoms with van der Waals surface area (Å²) in [5.74, 6) is -10.5. The number of carbonyl (C=O) groups excluding carboxylic acids is 3. The van der Waals surface area contributed by atoms with Crippen LogP contribution in [0.15, 0.2) is 78.7 Å². The van der Waals surface area contributed by atoms with Crippen LogP contribution in [0, 0.1) is 19.6 Å². The van der Waals surface area contributed by atoms with Gasteiger partial charge in [0.2, 0.25) is 5.91 Å². The van der Waals surface area contributed by atoms with E-state index in [1.807, 2.05) is 5.32 Å². The molecule has 4 amide bonds. The smallest absolute Gasteiger partial charge is 0.318 e. The minimum Gasteiger partial charge on any atom is -0.483 e. The number of hydrogen-bond acceptors (Lipinski definition) is 5. The maximum absolute atomic E-state index is 15.0. The summed E-state index contributed by atoms with van der Waals surface area (Å²) in [7, 11) is 0. The van der Waals surface area contributed by atoms with Gasteiger partial charge in [-0.3, -0.25) is 9.59 Å². The molecule has 1 aliphatic heterocycles. The van der Waals surface area contributed by atoms with Crippen LogP contribution in [0.25, 0.3) is 0 Å². The summed E-state index contributed by atoms with van der Waals surface area (Å²) in [6.07, 6.45) is -13.5. The van der Waals surface area contributed by atoms with E-state index in [0.29, 0.717) is 0 Å². The molecule has 4 N–H and O–H groups in total. The number of amides is 4. The highest BCUT2D eigenvalue weighted by atomic mass is 16.5. The Hall–Kier alpha value is -4.37. The van der Waals surface area contributed by atoms with Crippen LogP contribution in [0.4, 0.5) is 4.79 Å². The van der Waals surface area contributed by atoms with E-state index in [2.05, 4.69) is 0 Å². The van der Waals surface area contributed by atoms with Crippen LogP contribution in [-0.2, 0) is 22.4 Å². The first-order valence-electron chi connectivity index (χ1n) is 28.7. The van der Waals surface area contributed by atoms with Crippen molar-refractivity contribution in [3.63, 3.8) is 0 Å². The largest absolute Gasteiger partial charge is 0.483 e. The molecule has 0 aliphatic carbocycles. The second kappa shape index (κ2) is 16.8. The lowest BCUT2D eigenvalue weighted by molar-refractivity contribution is -0.128. The molecule has 9 heteroatoms. The van der Waals surface area contributed by atoms with Gasteiger partial charge in [-0.05, 0) is 67.4 Å². The number of aliphatic hydroxyl groups excluding tert-OH is 1. The average molecular weight is 660 g/mol. The molecule has 4 atom stereocenters. The Bertz CT molecular complexity index is 2700. The van der Waals surface area contributed by atoms with Gasteiger partial charge in [0.15, 0.2) is 6.61 Å². The first-order valence-corrected chi connectivity index (χ1v) is 13.2. The van der Waals surface area contributed by atoms with Crippen molar-refractivity contribution in [2.24, 2.45) is 5.89 Å². The Labute approximate surface area is 316 Å². The van der Waals surface area contributed by atoms with Crippen molar-refractivity contribution in [3.05, 3.63) is 101 Å². The molecule has 1 heterocycles. The molecule has 0 aromatic heterocycles. The van der Waals surface area contributed by atoms with E-state index in [-0.39, 0.29) is 5.56 Å². The molecule has 0 radical (unpaired) electrons. The van der Waals surface area contributed by atoms with Gasteiger partial charge in [0.05, 0.1) is 25.8 Å². The van der Waals surface area contributed by atoms with Gasteiger partial charge in [-0.1, -0.05) is 92.4 Å². The third-order valence-corrected chi connectivity index (χ3v) is 5.99. The predicted molar refractivity (Wildman–Crippen MR) is 180 cm³/mol. The van der Waals surface area contributed by atoms with Crippen molar-refractivity contribution in [1.82, 2.24) is 20.9 Å². The second-order valence-electron chi connectivity index (χ2n) is 9.29. The number of nitrogens with zero attached hydrogens (tertiary/aromatic N) is 1. The van der Waals surface area contributed by atoms with Crippen LogP contribution in [-0.4, -0.2) is 71.6 Å². The molecule has 246 valence electrons. The van der Waals surface area contributed by atoms with E-state index in [1.165, 1.54) is 35.6 Å². The summed E-state index contributed by atoms with van der Waals surface area (Å²) in [5, 5.41) is 17.1. The van der Waals surface area contributed by atoms with Crippen LogP contribution in [0.5, 0.6) is 5.75 Å². The van der Waals surface area contributed by atoms with Crippen molar-refractivity contribution >= 4 is 17.8 Å². The van der Waals surface area contributed by atoms with Crippen molar-refractivity contribution in [2.75, 3.05) is 19.6 Å². The maximum atomic E-state index is 15.0. The third kappa shape index (κ3) is 9.81. The number of urea groups is 1. The second-order valence-corrected chi connectivity index (χ2v) is 9.29. The number of carbonyl (C=O) groups is 3. The van der Waals surface area contributed by atoms with Crippen LogP contribution >= 0.6 is 0 Å². The molecule has 3 aromatic rings. The molecule has 0 unspecified atom stereocenters. The summed E-state index contributed by atoms with van der Waals surface area (Å²) in [6.45, 7) is -26.0.